The van der Waals surface area contributed by atoms with E-state index in [0.29, 0.717) is 0 Å². The predicted molar refractivity (Wildman–Crippen MR) is 79.8 cm³/mol. The van der Waals surface area contributed by atoms with Crippen LogP contribution >= 0.6 is 11.5 Å². The Morgan fingerprint density at radius 2 is 1.95 bits per heavy atom. The van der Waals surface area contributed by atoms with Crippen LogP contribution in [0.15, 0.2) is 36.5 Å². The monoisotopic (exact) mass is 285 g/mol. The minimum absolute atomic E-state index is 0.237. The van der Waals surface area contributed by atoms with Crippen molar-refractivity contribution in [2.24, 2.45) is 0 Å². The largest absolute Gasteiger partial charge is 0.383 e. The molecule has 3 rings (SSSR count). The number of aromatic nitrogens is 3. The van der Waals surface area contributed by atoms with Gasteiger partial charge < -0.3 is 5.11 Å². The lowest BCUT2D eigenvalue weighted by molar-refractivity contribution is 0.223. The van der Waals surface area contributed by atoms with Gasteiger partial charge in [-0.2, -0.15) is 0 Å². The number of aliphatic hydroxyl groups is 1. The Morgan fingerprint density at radius 3 is 2.75 bits per heavy atom. The molecule has 0 spiro atoms. The first-order chi connectivity index (χ1) is 9.68. The van der Waals surface area contributed by atoms with E-state index in [1.54, 1.807) is 6.20 Å². The Bertz CT molecular complexity index is 733. The van der Waals surface area contributed by atoms with Gasteiger partial charge in [0.25, 0.3) is 0 Å². The molecule has 2 aromatic heterocycles. The molecule has 0 saturated carbocycles. The van der Waals surface area contributed by atoms with Crippen LogP contribution in [0.25, 0.3) is 10.9 Å². The Kier molecular flexibility index (Phi) is 3.46. The number of hydrogen-bond acceptors (Lipinski definition) is 5. The van der Waals surface area contributed by atoms with Gasteiger partial charge in [0.05, 0.1) is 16.1 Å². The maximum atomic E-state index is 10.7. The summed E-state index contributed by atoms with van der Waals surface area (Å²) in [5, 5.41) is 15.9. The van der Waals surface area contributed by atoms with Crippen molar-refractivity contribution in [2.75, 3.05) is 0 Å². The fourth-order valence-corrected chi connectivity index (χ4v) is 3.10. The minimum atomic E-state index is -0.731. The second-order valence-electron chi connectivity index (χ2n) is 5.00. The number of nitrogens with zero attached hydrogens (tertiary/aromatic N) is 3. The van der Waals surface area contributed by atoms with E-state index < -0.39 is 6.10 Å². The van der Waals surface area contributed by atoms with Crippen LogP contribution in [-0.2, 0) is 0 Å². The molecule has 20 heavy (non-hydrogen) atoms. The summed E-state index contributed by atoms with van der Waals surface area (Å²) in [4.78, 5) is 5.19. The van der Waals surface area contributed by atoms with Gasteiger partial charge in [0.1, 0.15) is 6.10 Å². The molecule has 5 heteroatoms. The molecule has 1 atom stereocenters. The topological polar surface area (TPSA) is 58.9 Å². The summed E-state index contributed by atoms with van der Waals surface area (Å²) in [7, 11) is 0. The lowest BCUT2D eigenvalue weighted by Crippen LogP contribution is -2.04. The molecule has 4 nitrogen and oxygen atoms in total. The summed E-state index contributed by atoms with van der Waals surface area (Å²) in [5.41, 5.74) is 2.48. The molecule has 0 amide bonds. The molecule has 3 aromatic rings. The van der Waals surface area contributed by atoms with Gasteiger partial charge in [0.15, 0.2) is 0 Å². The quantitative estimate of drug-likeness (QED) is 0.802. The number of fused-ring (bicyclic) bond motifs is 1. The van der Waals surface area contributed by atoms with Crippen molar-refractivity contribution in [3.8, 4) is 0 Å². The third kappa shape index (κ3) is 2.19. The number of para-hydroxylation sites is 1. The standard InChI is InChI=1S/C15H15N3OS/c1-9(2)12-15(20-18-17-12)14(19)11-7-3-5-10-6-4-8-16-13(10)11/h3-9,14,19H,1-2H3. The van der Waals surface area contributed by atoms with Crippen LogP contribution in [0.1, 0.15) is 42.0 Å². The van der Waals surface area contributed by atoms with Crippen LogP contribution in [0.2, 0.25) is 0 Å². The molecule has 1 aromatic carbocycles. The Hall–Kier alpha value is -1.85. The zero-order valence-electron chi connectivity index (χ0n) is 11.3. The second kappa shape index (κ2) is 5.26. The van der Waals surface area contributed by atoms with Crippen molar-refractivity contribution < 1.29 is 5.11 Å². The normalized spacial score (nSPS) is 13.0. The Morgan fingerprint density at radius 1 is 1.15 bits per heavy atom. The van der Waals surface area contributed by atoms with Crippen molar-refractivity contribution in [1.82, 2.24) is 14.6 Å². The van der Waals surface area contributed by atoms with Crippen molar-refractivity contribution >= 4 is 22.4 Å². The first kappa shape index (κ1) is 13.1. The molecule has 0 fully saturated rings. The molecule has 1 unspecified atom stereocenters. The Balaban J connectivity index is 2.13. The lowest BCUT2D eigenvalue weighted by atomic mass is 10.00. The van der Waals surface area contributed by atoms with Crippen molar-refractivity contribution in [3.63, 3.8) is 0 Å². The average Bonchev–Trinajstić information content (AvgIpc) is 2.95. The lowest BCUT2D eigenvalue weighted by Gasteiger charge is -2.13. The molecular formula is C15H15N3OS. The number of hydrogen-bond donors (Lipinski definition) is 1. The molecule has 0 aliphatic heterocycles. The van der Waals surface area contributed by atoms with E-state index in [9.17, 15) is 5.11 Å². The zero-order valence-corrected chi connectivity index (χ0v) is 12.1. The van der Waals surface area contributed by atoms with Gasteiger partial charge in [-0.05, 0) is 23.5 Å². The van der Waals surface area contributed by atoms with Crippen LogP contribution in [0.4, 0.5) is 0 Å². The van der Waals surface area contributed by atoms with E-state index in [0.717, 1.165) is 27.0 Å². The SMILES string of the molecule is CC(C)c1nnsc1C(O)c1cccc2cccnc12. The van der Waals surface area contributed by atoms with Crippen LogP contribution in [0, 0.1) is 0 Å². The van der Waals surface area contributed by atoms with Crippen LogP contribution in [0.5, 0.6) is 0 Å². The van der Waals surface area contributed by atoms with Gasteiger partial charge in [0, 0.05) is 17.1 Å². The second-order valence-corrected chi connectivity index (χ2v) is 5.79. The molecule has 0 aliphatic rings. The third-order valence-corrected chi connectivity index (χ3v) is 4.09. The highest BCUT2D eigenvalue weighted by molar-refractivity contribution is 7.05. The van der Waals surface area contributed by atoms with Gasteiger partial charge in [-0.25, -0.2) is 0 Å². The summed E-state index contributed by atoms with van der Waals surface area (Å²) in [5.74, 6) is 0.237. The first-order valence-electron chi connectivity index (χ1n) is 6.52. The van der Waals surface area contributed by atoms with Gasteiger partial charge >= 0.3 is 0 Å². The Labute approximate surface area is 121 Å². The summed E-state index contributed by atoms with van der Waals surface area (Å²) in [6.45, 7) is 4.10. The zero-order chi connectivity index (χ0) is 14.1. The highest BCUT2D eigenvalue weighted by Gasteiger charge is 2.22. The van der Waals surface area contributed by atoms with E-state index in [2.05, 4.69) is 14.6 Å². The molecule has 102 valence electrons. The minimum Gasteiger partial charge on any atom is -0.383 e. The van der Waals surface area contributed by atoms with Gasteiger partial charge in [-0.1, -0.05) is 42.6 Å². The molecule has 0 aliphatic carbocycles. The van der Waals surface area contributed by atoms with E-state index in [4.69, 9.17) is 0 Å². The number of pyridine rings is 1. The molecule has 1 N–H and O–H groups in total. The average molecular weight is 285 g/mol. The van der Waals surface area contributed by atoms with Gasteiger partial charge in [-0.3, -0.25) is 4.98 Å². The maximum Gasteiger partial charge on any atom is 0.119 e. The van der Waals surface area contributed by atoms with Crippen LogP contribution in [-0.4, -0.2) is 19.7 Å². The molecule has 0 bridgehead atoms. The highest BCUT2D eigenvalue weighted by atomic mass is 32.1. The summed E-state index contributed by atoms with van der Waals surface area (Å²) >= 11 is 1.25. The van der Waals surface area contributed by atoms with E-state index in [1.807, 2.05) is 44.2 Å². The number of aliphatic hydroxyl groups excluding tert-OH is 1. The number of rotatable bonds is 3. The smallest absolute Gasteiger partial charge is 0.119 e. The molecule has 0 saturated heterocycles. The van der Waals surface area contributed by atoms with Crippen molar-refractivity contribution in [3.05, 3.63) is 52.7 Å². The fraction of sp³-hybridized carbons (Fsp3) is 0.267. The van der Waals surface area contributed by atoms with Gasteiger partial charge in [0.2, 0.25) is 0 Å². The third-order valence-electron chi connectivity index (χ3n) is 3.29. The fourth-order valence-electron chi connectivity index (χ4n) is 2.28. The van der Waals surface area contributed by atoms with Crippen molar-refractivity contribution in [1.29, 1.82) is 0 Å². The number of benzene rings is 1. The summed E-state index contributed by atoms with van der Waals surface area (Å²) in [6.07, 6.45) is 1.01. The first-order valence-corrected chi connectivity index (χ1v) is 7.29. The van der Waals surface area contributed by atoms with Crippen LogP contribution in [0.3, 0.4) is 0 Å². The highest BCUT2D eigenvalue weighted by Crippen LogP contribution is 2.33. The maximum absolute atomic E-state index is 10.7. The van der Waals surface area contributed by atoms with E-state index in [1.165, 1.54) is 11.5 Å². The molecule has 2 heterocycles. The van der Waals surface area contributed by atoms with Gasteiger partial charge in [-0.15, -0.1) is 5.10 Å². The van der Waals surface area contributed by atoms with E-state index in [-0.39, 0.29) is 5.92 Å². The summed E-state index contributed by atoms with van der Waals surface area (Å²) < 4.78 is 3.98. The molecular weight excluding hydrogens is 270 g/mol. The predicted octanol–water partition coefficient (Wildman–Crippen LogP) is 3.29. The van der Waals surface area contributed by atoms with E-state index >= 15 is 0 Å². The van der Waals surface area contributed by atoms with Crippen LogP contribution < -0.4 is 0 Å². The van der Waals surface area contributed by atoms with Crippen molar-refractivity contribution in [2.45, 2.75) is 25.9 Å². The molecule has 0 radical (unpaired) electrons. The summed E-state index contributed by atoms with van der Waals surface area (Å²) in [6, 6.07) is 9.72.